The molecule has 0 radical (unpaired) electrons. The molecule has 2 aromatic rings. The van der Waals surface area contributed by atoms with Crippen molar-refractivity contribution in [3.63, 3.8) is 0 Å². The molecule has 0 atom stereocenters. The maximum Gasteiger partial charge on any atom is 0.255 e. The first-order valence-electron chi connectivity index (χ1n) is 5.18. The van der Waals surface area contributed by atoms with Gasteiger partial charge in [0.15, 0.2) is 0 Å². The Bertz CT molecular complexity index is 626. The summed E-state index contributed by atoms with van der Waals surface area (Å²) >= 11 is 5.56. The minimum Gasteiger partial charge on any atom is -0.319 e. The van der Waals surface area contributed by atoms with E-state index in [1.54, 1.807) is 0 Å². The fourth-order valence-corrected chi connectivity index (χ4v) is 1.63. The Morgan fingerprint density at radius 2 is 1.63 bits per heavy atom. The summed E-state index contributed by atoms with van der Waals surface area (Å²) in [4.78, 5) is 11.7. The zero-order chi connectivity index (χ0) is 14.0. The van der Waals surface area contributed by atoms with Gasteiger partial charge in [0.2, 0.25) is 0 Å². The van der Waals surface area contributed by atoms with Crippen LogP contribution in [-0.2, 0) is 0 Å². The van der Waals surface area contributed by atoms with E-state index < -0.39 is 23.4 Å². The number of halogens is 4. The van der Waals surface area contributed by atoms with Crippen molar-refractivity contribution < 1.29 is 18.0 Å². The molecule has 19 heavy (non-hydrogen) atoms. The quantitative estimate of drug-likeness (QED) is 0.887. The summed E-state index contributed by atoms with van der Waals surface area (Å²) in [6.07, 6.45) is 0. The highest BCUT2D eigenvalue weighted by atomic mass is 35.5. The average Bonchev–Trinajstić information content (AvgIpc) is 2.31. The van der Waals surface area contributed by atoms with Crippen LogP contribution in [0.5, 0.6) is 0 Å². The van der Waals surface area contributed by atoms with Crippen molar-refractivity contribution in [2.75, 3.05) is 5.32 Å². The number of rotatable bonds is 2. The Hall–Kier alpha value is -2.01. The van der Waals surface area contributed by atoms with E-state index in [0.29, 0.717) is 6.07 Å². The van der Waals surface area contributed by atoms with E-state index in [-0.39, 0.29) is 16.3 Å². The van der Waals surface area contributed by atoms with E-state index in [9.17, 15) is 18.0 Å². The van der Waals surface area contributed by atoms with Crippen molar-refractivity contribution in [1.29, 1.82) is 0 Å². The summed E-state index contributed by atoms with van der Waals surface area (Å²) in [7, 11) is 0. The molecule has 0 bridgehead atoms. The standard InChI is InChI=1S/C13H7ClF3NO/c14-8-1-2-12(11(17)5-8)18-13(19)7-3-9(15)6-10(16)4-7/h1-6H,(H,18,19). The summed E-state index contributed by atoms with van der Waals surface area (Å²) in [5.41, 5.74) is -0.370. The van der Waals surface area contributed by atoms with Gasteiger partial charge < -0.3 is 5.32 Å². The van der Waals surface area contributed by atoms with E-state index in [1.807, 2.05) is 0 Å². The molecule has 6 heteroatoms. The first-order chi connectivity index (χ1) is 8.95. The third-order valence-electron chi connectivity index (χ3n) is 2.30. The number of benzene rings is 2. The predicted octanol–water partition coefficient (Wildman–Crippen LogP) is 4.01. The molecule has 0 aliphatic rings. The number of carbonyl (C=O) groups is 1. The molecular formula is C13H7ClF3NO. The number of hydrogen-bond donors (Lipinski definition) is 1. The summed E-state index contributed by atoms with van der Waals surface area (Å²) in [5, 5.41) is 2.38. The molecule has 0 unspecified atom stereocenters. The molecule has 0 saturated carbocycles. The maximum absolute atomic E-state index is 13.4. The monoisotopic (exact) mass is 285 g/mol. The average molecular weight is 286 g/mol. The molecule has 0 fully saturated rings. The first kappa shape index (κ1) is 13.4. The number of carbonyl (C=O) groups excluding carboxylic acids is 1. The molecule has 98 valence electrons. The number of hydrogen-bond acceptors (Lipinski definition) is 1. The van der Waals surface area contributed by atoms with Crippen molar-refractivity contribution in [1.82, 2.24) is 0 Å². The molecule has 0 spiro atoms. The summed E-state index contributed by atoms with van der Waals surface area (Å²) in [5.74, 6) is -3.33. The van der Waals surface area contributed by atoms with Crippen LogP contribution in [0.15, 0.2) is 36.4 Å². The lowest BCUT2D eigenvalue weighted by atomic mass is 10.2. The number of nitrogens with one attached hydrogen (secondary N) is 1. The van der Waals surface area contributed by atoms with Crippen LogP contribution in [0.2, 0.25) is 5.02 Å². The van der Waals surface area contributed by atoms with Crippen LogP contribution in [0.3, 0.4) is 0 Å². The molecule has 0 saturated heterocycles. The van der Waals surface area contributed by atoms with Crippen LogP contribution in [0.4, 0.5) is 18.9 Å². The minimum atomic E-state index is -0.887. The second-order valence-electron chi connectivity index (χ2n) is 3.74. The SMILES string of the molecule is O=C(Nc1ccc(Cl)cc1F)c1cc(F)cc(F)c1. The lowest BCUT2D eigenvalue weighted by Gasteiger charge is -2.07. The minimum absolute atomic E-state index is 0.126. The van der Waals surface area contributed by atoms with E-state index in [1.165, 1.54) is 12.1 Å². The van der Waals surface area contributed by atoms with Gasteiger partial charge in [-0.25, -0.2) is 13.2 Å². The van der Waals surface area contributed by atoms with Crippen molar-refractivity contribution in [2.24, 2.45) is 0 Å². The molecule has 0 aliphatic carbocycles. The zero-order valence-corrected chi connectivity index (χ0v) is 10.1. The lowest BCUT2D eigenvalue weighted by molar-refractivity contribution is 0.102. The van der Waals surface area contributed by atoms with Gasteiger partial charge in [-0.1, -0.05) is 11.6 Å². The Balaban J connectivity index is 2.25. The smallest absolute Gasteiger partial charge is 0.255 e. The van der Waals surface area contributed by atoms with Crippen LogP contribution < -0.4 is 5.32 Å². The molecule has 2 nitrogen and oxygen atoms in total. The van der Waals surface area contributed by atoms with Crippen molar-refractivity contribution in [3.05, 3.63) is 64.4 Å². The Morgan fingerprint density at radius 1 is 1.00 bits per heavy atom. The van der Waals surface area contributed by atoms with Gasteiger partial charge in [0, 0.05) is 16.7 Å². The highest BCUT2D eigenvalue weighted by Gasteiger charge is 2.12. The highest BCUT2D eigenvalue weighted by molar-refractivity contribution is 6.30. The molecule has 0 heterocycles. The van der Waals surface area contributed by atoms with Gasteiger partial charge >= 0.3 is 0 Å². The molecule has 2 aromatic carbocycles. The number of amides is 1. The fraction of sp³-hybridized carbons (Fsp3) is 0. The van der Waals surface area contributed by atoms with Gasteiger partial charge in [-0.2, -0.15) is 0 Å². The van der Waals surface area contributed by atoms with Crippen molar-refractivity contribution in [2.45, 2.75) is 0 Å². The Labute approximate surface area is 111 Å². The molecule has 1 amide bonds. The van der Waals surface area contributed by atoms with Gasteiger partial charge in [-0.15, -0.1) is 0 Å². The third-order valence-corrected chi connectivity index (χ3v) is 2.54. The largest absolute Gasteiger partial charge is 0.319 e. The molecule has 0 aliphatic heterocycles. The van der Waals surface area contributed by atoms with E-state index in [0.717, 1.165) is 18.2 Å². The molecule has 1 N–H and O–H groups in total. The van der Waals surface area contributed by atoms with Crippen molar-refractivity contribution >= 4 is 23.2 Å². The topological polar surface area (TPSA) is 29.1 Å². The van der Waals surface area contributed by atoms with Gasteiger partial charge in [0.05, 0.1) is 5.69 Å². The van der Waals surface area contributed by atoms with Gasteiger partial charge in [0.1, 0.15) is 17.5 Å². The van der Waals surface area contributed by atoms with Gasteiger partial charge in [-0.05, 0) is 30.3 Å². The lowest BCUT2D eigenvalue weighted by Crippen LogP contribution is -2.13. The number of anilines is 1. The Kier molecular flexibility index (Phi) is 3.76. The maximum atomic E-state index is 13.4. The third kappa shape index (κ3) is 3.26. The van der Waals surface area contributed by atoms with Crippen LogP contribution >= 0.6 is 11.6 Å². The predicted molar refractivity (Wildman–Crippen MR) is 65.7 cm³/mol. The highest BCUT2D eigenvalue weighted by Crippen LogP contribution is 2.20. The molecule has 0 aromatic heterocycles. The van der Waals surface area contributed by atoms with Crippen LogP contribution in [0.25, 0.3) is 0 Å². The van der Waals surface area contributed by atoms with Gasteiger partial charge in [-0.3, -0.25) is 4.79 Å². The van der Waals surface area contributed by atoms with Crippen LogP contribution in [0, 0.1) is 17.5 Å². The van der Waals surface area contributed by atoms with Crippen LogP contribution in [-0.4, -0.2) is 5.91 Å². The summed E-state index contributed by atoms with van der Waals surface area (Å²) in [6.45, 7) is 0. The first-order valence-corrected chi connectivity index (χ1v) is 5.56. The van der Waals surface area contributed by atoms with Crippen LogP contribution in [0.1, 0.15) is 10.4 Å². The summed E-state index contributed by atoms with van der Waals surface area (Å²) in [6, 6.07) is 6.00. The molecule has 2 rings (SSSR count). The molecular weight excluding hydrogens is 279 g/mol. The zero-order valence-electron chi connectivity index (χ0n) is 9.38. The second-order valence-corrected chi connectivity index (χ2v) is 4.17. The van der Waals surface area contributed by atoms with E-state index in [2.05, 4.69) is 5.32 Å². The second kappa shape index (κ2) is 5.32. The van der Waals surface area contributed by atoms with E-state index >= 15 is 0 Å². The van der Waals surface area contributed by atoms with E-state index in [4.69, 9.17) is 11.6 Å². The fourth-order valence-electron chi connectivity index (χ4n) is 1.47. The summed E-state index contributed by atoms with van der Waals surface area (Å²) < 4.78 is 39.3. The Morgan fingerprint density at radius 3 is 2.21 bits per heavy atom. The normalized spacial score (nSPS) is 10.3. The van der Waals surface area contributed by atoms with Gasteiger partial charge in [0.25, 0.3) is 5.91 Å². The van der Waals surface area contributed by atoms with Crippen molar-refractivity contribution in [3.8, 4) is 0 Å².